The molecule has 0 aliphatic carbocycles. The minimum atomic E-state index is -0.730. The van der Waals surface area contributed by atoms with Crippen molar-refractivity contribution in [3.63, 3.8) is 0 Å². The molecule has 0 bridgehead atoms. The Morgan fingerprint density at radius 2 is 2.04 bits per heavy atom. The molecule has 132 valence electrons. The summed E-state index contributed by atoms with van der Waals surface area (Å²) in [6.07, 6.45) is 0.714. The van der Waals surface area contributed by atoms with E-state index in [9.17, 15) is 9.90 Å². The number of rotatable bonds is 6. The van der Waals surface area contributed by atoms with Crippen LogP contribution in [0.1, 0.15) is 18.1 Å². The molecule has 0 saturated carbocycles. The standard InChI is InChI=1S/C18H19ClN2O4/c1-11-8-14(19)5-7-16(11)25-12(2)18(23)21-20-10-13-4-6-15(22)17(9-13)24-3/h4-10,12,22H,1-3H3,(H,21,23)/b20-10+/t12-/m1/s1. The Labute approximate surface area is 151 Å². The average molecular weight is 363 g/mol. The number of hydrazone groups is 1. The van der Waals surface area contributed by atoms with Crippen LogP contribution in [0.2, 0.25) is 5.02 Å². The molecule has 2 N–H and O–H groups in total. The van der Waals surface area contributed by atoms with E-state index in [1.54, 1.807) is 37.3 Å². The number of hydrogen-bond acceptors (Lipinski definition) is 5. The third-order valence-corrected chi connectivity index (χ3v) is 3.64. The second-order valence-electron chi connectivity index (χ2n) is 5.34. The van der Waals surface area contributed by atoms with E-state index in [2.05, 4.69) is 10.5 Å². The van der Waals surface area contributed by atoms with Crippen molar-refractivity contribution in [3.05, 3.63) is 52.5 Å². The third-order valence-electron chi connectivity index (χ3n) is 3.40. The van der Waals surface area contributed by atoms with Crippen molar-refractivity contribution < 1.29 is 19.4 Å². The number of amides is 1. The quantitative estimate of drug-likeness (QED) is 0.610. The first-order chi connectivity index (χ1) is 11.9. The van der Waals surface area contributed by atoms with Crippen molar-refractivity contribution in [1.82, 2.24) is 5.43 Å². The van der Waals surface area contributed by atoms with Gasteiger partial charge in [0.15, 0.2) is 17.6 Å². The van der Waals surface area contributed by atoms with Gasteiger partial charge < -0.3 is 14.6 Å². The number of hydrogen-bond donors (Lipinski definition) is 2. The van der Waals surface area contributed by atoms with Gasteiger partial charge in [0.2, 0.25) is 0 Å². The summed E-state index contributed by atoms with van der Waals surface area (Å²) in [4.78, 5) is 12.1. The van der Waals surface area contributed by atoms with Crippen LogP contribution < -0.4 is 14.9 Å². The van der Waals surface area contributed by atoms with E-state index in [4.69, 9.17) is 21.1 Å². The molecule has 0 aliphatic rings. The Morgan fingerprint density at radius 1 is 1.28 bits per heavy atom. The van der Waals surface area contributed by atoms with Crippen LogP contribution in [0.4, 0.5) is 0 Å². The number of nitrogens with one attached hydrogen (secondary N) is 1. The number of phenols is 1. The molecule has 0 saturated heterocycles. The minimum absolute atomic E-state index is 0.0315. The number of carbonyl (C=O) groups excluding carboxylic acids is 1. The molecule has 0 aromatic heterocycles. The monoisotopic (exact) mass is 362 g/mol. The highest BCUT2D eigenvalue weighted by Crippen LogP contribution is 2.25. The highest BCUT2D eigenvalue weighted by atomic mass is 35.5. The average Bonchev–Trinajstić information content (AvgIpc) is 2.58. The van der Waals surface area contributed by atoms with Crippen LogP contribution in [0.15, 0.2) is 41.5 Å². The van der Waals surface area contributed by atoms with Gasteiger partial charge in [0, 0.05) is 5.02 Å². The number of carbonyl (C=O) groups is 1. The molecule has 0 fully saturated rings. The molecular formula is C18H19ClN2O4. The molecule has 2 aromatic carbocycles. The number of aryl methyl sites for hydroxylation is 1. The van der Waals surface area contributed by atoms with E-state index in [1.165, 1.54) is 19.4 Å². The van der Waals surface area contributed by atoms with Crippen molar-refractivity contribution in [2.45, 2.75) is 20.0 Å². The molecule has 2 aromatic rings. The van der Waals surface area contributed by atoms with Crippen LogP contribution in [0.25, 0.3) is 0 Å². The first kappa shape index (κ1) is 18.6. The second kappa shape index (κ2) is 8.39. The van der Waals surface area contributed by atoms with Crippen molar-refractivity contribution in [3.8, 4) is 17.2 Å². The van der Waals surface area contributed by atoms with Gasteiger partial charge in [-0.2, -0.15) is 5.10 Å². The summed E-state index contributed by atoms with van der Waals surface area (Å²) < 4.78 is 10.6. The summed E-state index contributed by atoms with van der Waals surface area (Å²) >= 11 is 5.90. The number of phenolic OH excluding ortho intramolecular Hbond substituents is 1. The van der Waals surface area contributed by atoms with Gasteiger partial charge in [0.1, 0.15) is 5.75 Å². The lowest BCUT2D eigenvalue weighted by Crippen LogP contribution is -2.33. The highest BCUT2D eigenvalue weighted by Gasteiger charge is 2.15. The Bertz CT molecular complexity index is 793. The summed E-state index contributed by atoms with van der Waals surface area (Å²) in [6, 6.07) is 9.90. The van der Waals surface area contributed by atoms with Crippen LogP contribution in [-0.4, -0.2) is 30.4 Å². The van der Waals surface area contributed by atoms with E-state index < -0.39 is 12.0 Å². The maximum absolute atomic E-state index is 12.1. The van der Waals surface area contributed by atoms with Gasteiger partial charge in [-0.3, -0.25) is 4.79 Å². The van der Waals surface area contributed by atoms with Crippen molar-refractivity contribution in [1.29, 1.82) is 0 Å². The zero-order chi connectivity index (χ0) is 18.4. The summed E-state index contributed by atoms with van der Waals surface area (Å²) in [7, 11) is 1.45. The van der Waals surface area contributed by atoms with E-state index in [0.29, 0.717) is 22.1 Å². The van der Waals surface area contributed by atoms with Gasteiger partial charge >= 0.3 is 0 Å². The maximum atomic E-state index is 12.1. The van der Waals surface area contributed by atoms with E-state index in [0.717, 1.165) is 5.56 Å². The molecule has 0 radical (unpaired) electrons. The SMILES string of the molecule is COc1cc(/C=N/NC(=O)[C@@H](C)Oc2ccc(Cl)cc2C)ccc1O. The van der Waals surface area contributed by atoms with Crippen LogP contribution in [0, 0.1) is 6.92 Å². The predicted octanol–water partition coefficient (Wildman–Crippen LogP) is 3.28. The normalized spacial score (nSPS) is 12.0. The molecule has 7 heteroatoms. The van der Waals surface area contributed by atoms with Crippen molar-refractivity contribution in [2.75, 3.05) is 7.11 Å². The molecule has 0 heterocycles. The van der Waals surface area contributed by atoms with E-state index in [-0.39, 0.29) is 5.75 Å². The van der Waals surface area contributed by atoms with Gasteiger partial charge in [-0.25, -0.2) is 5.43 Å². The molecular weight excluding hydrogens is 344 g/mol. The van der Waals surface area contributed by atoms with Gasteiger partial charge in [-0.1, -0.05) is 11.6 Å². The lowest BCUT2D eigenvalue weighted by Gasteiger charge is -2.14. The Kier molecular flexibility index (Phi) is 6.25. The number of benzene rings is 2. The minimum Gasteiger partial charge on any atom is -0.504 e. The highest BCUT2D eigenvalue weighted by molar-refractivity contribution is 6.30. The molecule has 0 unspecified atom stereocenters. The first-order valence-corrected chi connectivity index (χ1v) is 7.91. The summed E-state index contributed by atoms with van der Waals surface area (Å²) in [5, 5.41) is 14.0. The maximum Gasteiger partial charge on any atom is 0.280 e. The number of ether oxygens (including phenoxy) is 2. The second-order valence-corrected chi connectivity index (χ2v) is 5.77. The summed E-state index contributed by atoms with van der Waals surface area (Å²) in [5.41, 5.74) is 3.91. The Morgan fingerprint density at radius 3 is 2.72 bits per heavy atom. The topological polar surface area (TPSA) is 80.2 Å². The molecule has 0 spiro atoms. The largest absolute Gasteiger partial charge is 0.504 e. The molecule has 1 amide bonds. The lowest BCUT2D eigenvalue weighted by molar-refractivity contribution is -0.127. The Hall–Kier alpha value is -2.73. The molecule has 6 nitrogen and oxygen atoms in total. The van der Waals surface area contributed by atoms with Crippen LogP contribution >= 0.6 is 11.6 Å². The van der Waals surface area contributed by atoms with Crippen molar-refractivity contribution >= 4 is 23.7 Å². The fourth-order valence-corrected chi connectivity index (χ4v) is 2.25. The van der Waals surface area contributed by atoms with Crippen molar-refractivity contribution in [2.24, 2.45) is 5.10 Å². The zero-order valence-electron chi connectivity index (χ0n) is 14.1. The number of halogens is 1. The molecule has 1 atom stereocenters. The number of methoxy groups -OCH3 is 1. The van der Waals surface area contributed by atoms with Crippen LogP contribution in [0.3, 0.4) is 0 Å². The number of nitrogens with zero attached hydrogens (tertiary/aromatic N) is 1. The first-order valence-electron chi connectivity index (χ1n) is 7.53. The fraction of sp³-hybridized carbons (Fsp3) is 0.222. The fourth-order valence-electron chi connectivity index (χ4n) is 2.02. The Balaban J connectivity index is 1.94. The predicted molar refractivity (Wildman–Crippen MR) is 96.7 cm³/mol. The van der Waals surface area contributed by atoms with Gasteiger partial charge in [0.25, 0.3) is 5.91 Å². The molecule has 0 aliphatic heterocycles. The van der Waals surface area contributed by atoms with Crippen LogP contribution in [-0.2, 0) is 4.79 Å². The smallest absolute Gasteiger partial charge is 0.280 e. The third kappa shape index (κ3) is 5.12. The lowest BCUT2D eigenvalue weighted by atomic mass is 10.2. The molecule has 2 rings (SSSR count). The van der Waals surface area contributed by atoms with Crippen LogP contribution in [0.5, 0.6) is 17.2 Å². The zero-order valence-corrected chi connectivity index (χ0v) is 14.9. The van der Waals surface area contributed by atoms with Gasteiger partial charge in [-0.05, 0) is 61.4 Å². The number of aromatic hydroxyl groups is 1. The van der Waals surface area contributed by atoms with Gasteiger partial charge in [0.05, 0.1) is 13.3 Å². The van der Waals surface area contributed by atoms with E-state index >= 15 is 0 Å². The van der Waals surface area contributed by atoms with E-state index in [1.807, 2.05) is 6.92 Å². The molecule has 25 heavy (non-hydrogen) atoms. The summed E-state index contributed by atoms with van der Waals surface area (Å²) in [6.45, 7) is 3.48. The summed E-state index contributed by atoms with van der Waals surface area (Å²) in [5.74, 6) is 0.546. The van der Waals surface area contributed by atoms with Gasteiger partial charge in [-0.15, -0.1) is 0 Å².